The summed E-state index contributed by atoms with van der Waals surface area (Å²) in [6.45, 7) is 1.09. The number of aliphatic hydroxyl groups is 1. The van der Waals surface area contributed by atoms with Gasteiger partial charge in [-0.25, -0.2) is 0 Å². The maximum absolute atomic E-state index is 12.2. The summed E-state index contributed by atoms with van der Waals surface area (Å²) in [4.78, 5) is 15.0. The lowest BCUT2D eigenvalue weighted by Gasteiger charge is -2.19. The number of fused-ring (bicyclic) bond motifs is 1. The number of aromatic amines is 1. The third-order valence-electron chi connectivity index (χ3n) is 7.14. The second-order valence-corrected chi connectivity index (χ2v) is 9.75. The molecule has 0 spiro atoms. The van der Waals surface area contributed by atoms with E-state index in [0.717, 1.165) is 27.6 Å². The van der Waals surface area contributed by atoms with E-state index in [2.05, 4.69) is 10.3 Å². The molecule has 1 atom stereocenters. The average Bonchev–Trinajstić information content (AvgIpc) is 3.03. The quantitative estimate of drug-likeness (QED) is 0.180. The minimum absolute atomic E-state index is 0.239. The van der Waals surface area contributed by atoms with E-state index in [0.29, 0.717) is 47.2 Å². The number of hydrogen-bond acceptors (Lipinski definition) is 7. The second-order valence-electron chi connectivity index (χ2n) is 9.75. The van der Waals surface area contributed by atoms with Crippen molar-refractivity contribution in [1.82, 2.24) is 10.3 Å². The maximum atomic E-state index is 12.2. The predicted molar refractivity (Wildman–Crippen MR) is 164 cm³/mol. The third kappa shape index (κ3) is 6.25. The lowest BCUT2D eigenvalue weighted by atomic mass is 9.99. The molecule has 3 N–H and O–H groups in total. The minimum Gasteiger partial charge on any atom is -0.497 e. The lowest BCUT2D eigenvalue weighted by Crippen LogP contribution is -2.22. The van der Waals surface area contributed by atoms with E-state index in [9.17, 15) is 9.90 Å². The monoisotopic (exact) mass is 566 g/mol. The van der Waals surface area contributed by atoms with Gasteiger partial charge >= 0.3 is 0 Å². The highest BCUT2D eigenvalue weighted by Crippen LogP contribution is 2.40. The molecule has 0 fully saturated rings. The highest BCUT2D eigenvalue weighted by Gasteiger charge is 2.18. The fraction of sp³-hybridized carbons (Fsp3) is 0.206. The number of nitrogens with one attached hydrogen (secondary N) is 2. The molecular formula is C34H34N2O6. The van der Waals surface area contributed by atoms with Crippen LogP contribution in [0.15, 0.2) is 95.8 Å². The van der Waals surface area contributed by atoms with Crippen molar-refractivity contribution in [3.05, 3.63) is 118 Å². The molecule has 8 heteroatoms. The highest BCUT2D eigenvalue weighted by atomic mass is 16.5. The van der Waals surface area contributed by atoms with Crippen molar-refractivity contribution >= 4 is 10.9 Å². The largest absolute Gasteiger partial charge is 0.497 e. The molecule has 1 aromatic heterocycles. The van der Waals surface area contributed by atoms with Crippen LogP contribution in [0.1, 0.15) is 22.8 Å². The Balaban J connectivity index is 1.33. The number of para-hydroxylation sites is 1. The number of H-pyrrole nitrogens is 1. The van der Waals surface area contributed by atoms with Crippen LogP contribution < -0.4 is 29.8 Å². The number of pyridine rings is 1. The average molecular weight is 567 g/mol. The van der Waals surface area contributed by atoms with Crippen LogP contribution in [-0.4, -0.2) is 38.0 Å². The Kier molecular flexibility index (Phi) is 9.06. The zero-order valence-corrected chi connectivity index (χ0v) is 23.8. The summed E-state index contributed by atoms with van der Waals surface area (Å²) in [6.07, 6.45) is -0.836. The number of ether oxygens (including phenoxy) is 4. The van der Waals surface area contributed by atoms with Crippen LogP contribution in [0.4, 0.5) is 0 Å². The molecule has 0 aliphatic rings. The van der Waals surface area contributed by atoms with Gasteiger partial charge in [-0.05, 0) is 35.4 Å². The molecule has 1 heterocycles. The summed E-state index contributed by atoms with van der Waals surface area (Å²) >= 11 is 0. The van der Waals surface area contributed by atoms with Crippen LogP contribution in [0.3, 0.4) is 0 Å². The SMILES string of the molecule is COc1ccc(-c2cccc(CNC[C@H](O)c3ccc(OCc4ccccc4)c4[nH]c(=O)ccc34)c2OC)c(OC)c1. The Hall–Kier alpha value is -4.79. The Labute approximate surface area is 244 Å². The van der Waals surface area contributed by atoms with Crippen LogP contribution in [0, 0.1) is 0 Å². The zero-order chi connectivity index (χ0) is 29.5. The van der Waals surface area contributed by atoms with E-state index in [1.54, 1.807) is 33.5 Å². The van der Waals surface area contributed by atoms with Gasteiger partial charge < -0.3 is 34.4 Å². The van der Waals surface area contributed by atoms with E-state index >= 15 is 0 Å². The van der Waals surface area contributed by atoms with Gasteiger partial charge in [0.25, 0.3) is 0 Å². The van der Waals surface area contributed by atoms with Gasteiger partial charge in [-0.15, -0.1) is 0 Å². The second kappa shape index (κ2) is 13.2. The van der Waals surface area contributed by atoms with E-state index in [-0.39, 0.29) is 12.1 Å². The number of rotatable bonds is 12. The summed E-state index contributed by atoms with van der Waals surface area (Å²) in [5.74, 6) is 2.64. The summed E-state index contributed by atoms with van der Waals surface area (Å²) in [5, 5.41) is 15.3. The topological polar surface area (TPSA) is 102 Å². The number of methoxy groups -OCH3 is 3. The Morgan fingerprint density at radius 3 is 2.40 bits per heavy atom. The molecule has 0 bridgehead atoms. The van der Waals surface area contributed by atoms with Crippen molar-refractivity contribution < 1.29 is 24.1 Å². The van der Waals surface area contributed by atoms with E-state index in [1.807, 2.05) is 72.8 Å². The molecule has 0 amide bonds. The number of benzene rings is 4. The van der Waals surface area contributed by atoms with Gasteiger partial charge in [-0.3, -0.25) is 4.79 Å². The molecule has 42 heavy (non-hydrogen) atoms. The van der Waals surface area contributed by atoms with Crippen LogP contribution in [-0.2, 0) is 13.2 Å². The number of aliphatic hydroxyl groups excluding tert-OH is 1. The molecule has 0 aliphatic carbocycles. The smallest absolute Gasteiger partial charge is 0.248 e. The molecule has 5 aromatic rings. The van der Waals surface area contributed by atoms with Gasteiger partial charge in [0.15, 0.2) is 0 Å². The Morgan fingerprint density at radius 2 is 1.64 bits per heavy atom. The standard InChI is InChI=1S/C34H34N2O6/c1-39-24-12-13-26(31(18-24)40-2)28-11-7-10-23(34(28)41-3)19-35-20-29(37)25-14-16-30(33-27(25)15-17-32(38)36-33)42-21-22-8-5-4-6-9-22/h4-18,29,35,37H,19-21H2,1-3H3,(H,36,38)/t29-/m0/s1. The Morgan fingerprint density at radius 1 is 0.810 bits per heavy atom. The number of aromatic nitrogens is 1. The van der Waals surface area contributed by atoms with Crippen molar-refractivity contribution in [2.45, 2.75) is 19.3 Å². The summed E-state index contributed by atoms with van der Waals surface area (Å²) in [7, 11) is 4.88. The van der Waals surface area contributed by atoms with Crippen molar-refractivity contribution in [1.29, 1.82) is 0 Å². The van der Waals surface area contributed by atoms with Crippen LogP contribution in [0.25, 0.3) is 22.0 Å². The van der Waals surface area contributed by atoms with Crippen molar-refractivity contribution in [2.75, 3.05) is 27.9 Å². The molecule has 4 aromatic carbocycles. The summed E-state index contributed by atoms with van der Waals surface area (Å²) in [6, 6.07) is 28.2. The van der Waals surface area contributed by atoms with Crippen LogP contribution in [0.5, 0.6) is 23.0 Å². The van der Waals surface area contributed by atoms with Crippen molar-refractivity contribution in [3.8, 4) is 34.1 Å². The van der Waals surface area contributed by atoms with Gasteiger partial charge in [-0.1, -0.05) is 54.6 Å². The first-order valence-electron chi connectivity index (χ1n) is 13.6. The fourth-order valence-corrected chi connectivity index (χ4v) is 5.05. The molecular weight excluding hydrogens is 532 g/mol. The first kappa shape index (κ1) is 28.7. The maximum Gasteiger partial charge on any atom is 0.248 e. The lowest BCUT2D eigenvalue weighted by molar-refractivity contribution is 0.175. The van der Waals surface area contributed by atoms with E-state index in [4.69, 9.17) is 18.9 Å². The molecule has 0 saturated heterocycles. The van der Waals surface area contributed by atoms with E-state index < -0.39 is 6.10 Å². The van der Waals surface area contributed by atoms with Gasteiger partial charge in [-0.2, -0.15) is 0 Å². The van der Waals surface area contributed by atoms with Gasteiger partial charge in [0.05, 0.1) is 33.0 Å². The molecule has 0 saturated carbocycles. The zero-order valence-electron chi connectivity index (χ0n) is 23.8. The molecule has 5 rings (SSSR count). The molecule has 216 valence electrons. The van der Waals surface area contributed by atoms with Crippen LogP contribution >= 0.6 is 0 Å². The summed E-state index contributed by atoms with van der Waals surface area (Å²) < 4.78 is 22.8. The molecule has 0 unspecified atom stereocenters. The Bertz CT molecular complexity index is 1720. The highest BCUT2D eigenvalue weighted by molar-refractivity contribution is 5.87. The van der Waals surface area contributed by atoms with Gasteiger partial charge in [0.2, 0.25) is 5.56 Å². The predicted octanol–water partition coefficient (Wildman–Crippen LogP) is 5.62. The first-order valence-corrected chi connectivity index (χ1v) is 13.6. The minimum atomic E-state index is -0.836. The van der Waals surface area contributed by atoms with Gasteiger partial charge in [0.1, 0.15) is 29.6 Å². The summed E-state index contributed by atoms with van der Waals surface area (Å²) in [5.41, 5.74) is 4.71. The third-order valence-corrected chi connectivity index (χ3v) is 7.14. The van der Waals surface area contributed by atoms with Crippen molar-refractivity contribution in [2.24, 2.45) is 0 Å². The molecule has 8 nitrogen and oxygen atoms in total. The van der Waals surface area contributed by atoms with Crippen LogP contribution in [0.2, 0.25) is 0 Å². The van der Waals surface area contributed by atoms with Crippen molar-refractivity contribution in [3.63, 3.8) is 0 Å². The molecule has 0 aliphatic heterocycles. The first-order chi connectivity index (χ1) is 20.5. The number of hydrogen-bond donors (Lipinski definition) is 3. The fourth-order valence-electron chi connectivity index (χ4n) is 5.05. The van der Waals surface area contributed by atoms with Gasteiger partial charge in [0, 0.05) is 47.3 Å². The molecule has 0 radical (unpaired) electrons. The normalized spacial score (nSPS) is 11.7. The van der Waals surface area contributed by atoms with E-state index in [1.165, 1.54) is 6.07 Å².